The number of hydrogen-bond acceptors (Lipinski definition) is 2. The van der Waals surface area contributed by atoms with Crippen LogP contribution in [0.25, 0.3) is 0 Å². The van der Waals surface area contributed by atoms with E-state index in [9.17, 15) is 4.79 Å². The molecule has 0 heterocycles. The van der Waals surface area contributed by atoms with Crippen LogP contribution >= 0.6 is 27.7 Å². The zero-order valence-electron chi connectivity index (χ0n) is 13.3. The number of aryl methyl sites for hydroxylation is 4. The summed E-state index contributed by atoms with van der Waals surface area (Å²) in [4.78, 5) is 13.3. The molecule has 0 aliphatic carbocycles. The summed E-state index contributed by atoms with van der Waals surface area (Å²) < 4.78 is 1.11. The van der Waals surface area contributed by atoms with Crippen LogP contribution < -0.4 is 5.32 Å². The number of carbonyl (C=O) groups excluding carboxylic acids is 1. The molecule has 2 nitrogen and oxygen atoms in total. The van der Waals surface area contributed by atoms with Gasteiger partial charge in [-0.25, -0.2) is 0 Å². The van der Waals surface area contributed by atoms with Gasteiger partial charge in [0.05, 0.1) is 5.75 Å². The van der Waals surface area contributed by atoms with E-state index in [-0.39, 0.29) is 5.91 Å². The molecule has 0 radical (unpaired) electrons. The minimum absolute atomic E-state index is 0.0249. The first-order valence-corrected chi connectivity index (χ1v) is 8.91. The van der Waals surface area contributed by atoms with Gasteiger partial charge in [0.15, 0.2) is 0 Å². The quantitative estimate of drug-likeness (QED) is 0.721. The maximum absolute atomic E-state index is 12.1. The third-order valence-electron chi connectivity index (χ3n) is 3.47. The molecule has 1 amide bonds. The SMILES string of the molecule is Cc1ccc(NC(=O)CSc2cc(C)c(Br)cc2C)c(C)c1. The zero-order valence-corrected chi connectivity index (χ0v) is 15.7. The largest absolute Gasteiger partial charge is 0.325 e. The average molecular weight is 378 g/mol. The van der Waals surface area contributed by atoms with Crippen molar-refractivity contribution < 1.29 is 4.79 Å². The molecule has 0 fully saturated rings. The molecule has 0 spiro atoms. The normalized spacial score (nSPS) is 10.6. The highest BCUT2D eigenvalue weighted by atomic mass is 79.9. The summed E-state index contributed by atoms with van der Waals surface area (Å²) in [5.74, 6) is 0.437. The van der Waals surface area contributed by atoms with E-state index < -0.39 is 0 Å². The first-order chi connectivity index (χ1) is 10.4. The van der Waals surface area contributed by atoms with Gasteiger partial charge >= 0.3 is 0 Å². The Balaban J connectivity index is 2.00. The molecule has 0 bridgehead atoms. The van der Waals surface area contributed by atoms with Crippen molar-refractivity contribution in [2.45, 2.75) is 32.6 Å². The third kappa shape index (κ3) is 4.37. The number of amides is 1. The Bertz CT molecular complexity index is 712. The van der Waals surface area contributed by atoms with E-state index >= 15 is 0 Å². The predicted molar refractivity (Wildman–Crippen MR) is 98.9 cm³/mol. The second-order valence-electron chi connectivity index (χ2n) is 5.52. The van der Waals surface area contributed by atoms with Crippen molar-refractivity contribution in [2.24, 2.45) is 0 Å². The number of halogens is 1. The van der Waals surface area contributed by atoms with Crippen molar-refractivity contribution in [2.75, 3.05) is 11.1 Å². The lowest BCUT2D eigenvalue weighted by molar-refractivity contribution is -0.113. The molecule has 0 atom stereocenters. The van der Waals surface area contributed by atoms with Gasteiger partial charge in [0.25, 0.3) is 0 Å². The number of thioether (sulfide) groups is 1. The summed E-state index contributed by atoms with van der Waals surface area (Å²) in [5.41, 5.74) is 5.55. The van der Waals surface area contributed by atoms with Crippen LogP contribution in [0.2, 0.25) is 0 Å². The number of hydrogen-bond donors (Lipinski definition) is 1. The molecular weight excluding hydrogens is 358 g/mol. The number of benzene rings is 2. The van der Waals surface area contributed by atoms with Gasteiger partial charge in [0.2, 0.25) is 5.91 Å². The Morgan fingerprint density at radius 1 is 1.05 bits per heavy atom. The van der Waals surface area contributed by atoms with Crippen molar-refractivity contribution in [3.8, 4) is 0 Å². The summed E-state index contributed by atoms with van der Waals surface area (Å²) in [6, 6.07) is 10.3. The van der Waals surface area contributed by atoms with E-state index in [0.29, 0.717) is 5.75 Å². The average Bonchev–Trinajstić information content (AvgIpc) is 2.44. The molecule has 0 aliphatic heterocycles. The van der Waals surface area contributed by atoms with E-state index in [0.717, 1.165) is 20.6 Å². The van der Waals surface area contributed by atoms with Gasteiger partial charge in [0, 0.05) is 15.1 Å². The van der Waals surface area contributed by atoms with Crippen LogP contribution in [-0.4, -0.2) is 11.7 Å². The highest BCUT2D eigenvalue weighted by molar-refractivity contribution is 9.10. The summed E-state index contributed by atoms with van der Waals surface area (Å²) in [5, 5.41) is 2.98. The third-order valence-corrected chi connectivity index (χ3v) is 5.48. The standard InChI is InChI=1S/C18H20BrNOS/c1-11-5-6-16(13(3)7-11)20-18(21)10-22-17-9-12(2)15(19)8-14(17)4/h5-9H,10H2,1-4H3,(H,20,21). The molecule has 0 saturated carbocycles. The lowest BCUT2D eigenvalue weighted by Crippen LogP contribution is -2.15. The van der Waals surface area contributed by atoms with Crippen LogP contribution in [-0.2, 0) is 4.79 Å². The number of nitrogens with one attached hydrogen (secondary N) is 1. The van der Waals surface area contributed by atoms with Crippen LogP contribution in [0, 0.1) is 27.7 Å². The van der Waals surface area contributed by atoms with Crippen molar-refractivity contribution in [3.05, 3.63) is 57.1 Å². The number of carbonyl (C=O) groups is 1. The van der Waals surface area contributed by atoms with Gasteiger partial charge in [-0.15, -0.1) is 11.8 Å². The van der Waals surface area contributed by atoms with Gasteiger partial charge in [-0.3, -0.25) is 4.79 Å². The van der Waals surface area contributed by atoms with Crippen molar-refractivity contribution in [1.29, 1.82) is 0 Å². The molecule has 2 aromatic rings. The van der Waals surface area contributed by atoms with Gasteiger partial charge < -0.3 is 5.32 Å². The minimum atomic E-state index is 0.0249. The van der Waals surface area contributed by atoms with Gasteiger partial charge in [-0.05, 0) is 62.6 Å². The zero-order chi connectivity index (χ0) is 16.3. The van der Waals surface area contributed by atoms with Crippen LogP contribution in [0.15, 0.2) is 39.7 Å². The number of rotatable bonds is 4. The second kappa shape index (κ2) is 7.34. The van der Waals surface area contributed by atoms with Crippen LogP contribution in [0.4, 0.5) is 5.69 Å². The maximum atomic E-state index is 12.1. The molecule has 2 aromatic carbocycles. The fraction of sp³-hybridized carbons (Fsp3) is 0.278. The second-order valence-corrected chi connectivity index (χ2v) is 7.39. The summed E-state index contributed by atoms with van der Waals surface area (Å²) in [6.07, 6.45) is 0. The van der Waals surface area contributed by atoms with Crippen molar-refractivity contribution >= 4 is 39.3 Å². The Morgan fingerprint density at radius 2 is 1.77 bits per heavy atom. The fourth-order valence-electron chi connectivity index (χ4n) is 2.19. The molecule has 22 heavy (non-hydrogen) atoms. The highest BCUT2D eigenvalue weighted by Gasteiger charge is 2.08. The van der Waals surface area contributed by atoms with Crippen LogP contribution in [0.3, 0.4) is 0 Å². The molecular formula is C18H20BrNOS. The minimum Gasteiger partial charge on any atom is -0.325 e. The van der Waals surface area contributed by atoms with Crippen molar-refractivity contribution in [1.82, 2.24) is 0 Å². The van der Waals surface area contributed by atoms with Gasteiger partial charge in [-0.1, -0.05) is 33.6 Å². The van der Waals surface area contributed by atoms with E-state index in [1.54, 1.807) is 11.8 Å². The summed E-state index contributed by atoms with van der Waals surface area (Å²) in [6.45, 7) is 8.18. The molecule has 2 rings (SSSR count). The lowest BCUT2D eigenvalue weighted by Gasteiger charge is -2.11. The number of anilines is 1. The molecule has 0 aliphatic rings. The Morgan fingerprint density at radius 3 is 2.45 bits per heavy atom. The smallest absolute Gasteiger partial charge is 0.234 e. The molecule has 0 unspecified atom stereocenters. The topological polar surface area (TPSA) is 29.1 Å². The van der Waals surface area contributed by atoms with Gasteiger partial charge in [0.1, 0.15) is 0 Å². The van der Waals surface area contributed by atoms with E-state index in [1.807, 2.05) is 26.0 Å². The Labute approximate surface area is 144 Å². The molecule has 1 N–H and O–H groups in total. The molecule has 4 heteroatoms. The maximum Gasteiger partial charge on any atom is 0.234 e. The molecule has 116 valence electrons. The summed E-state index contributed by atoms with van der Waals surface area (Å²) >= 11 is 5.10. The van der Waals surface area contributed by atoms with Crippen LogP contribution in [0.5, 0.6) is 0 Å². The molecule has 0 saturated heterocycles. The molecule has 0 aromatic heterocycles. The van der Waals surface area contributed by atoms with Gasteiger partial charge in [-0.2, -0.15) is 0 Å². The first kappa shape index (κ1) is 17.1. The van der Waals surface area contributed by atoms with Crippen LogP contribution in [0.1, 0.15) is 22.3 Å². The van der Waals surface area contributed by atoms with E-state index in [4.69, 9.17) is 0 Å². The monoisotopic (exact) mass is 377 g/mol. The summed E-state index contributed by atoms with van der Waals surface area (Å²) in [7, 11) is 0. The van der Waals surface area contributed by atoms with Crippen molar-refractivity contribution in [3.63, 3.8) is 0 Å². The Kier molecular flexibility index (Phi) is 5.70. The van der Waals surface area contributed by atoms with E-state index in [2.05, 4.69) is 53.3 Å². The first-order valence-electron chi connectivity index (χ1n) is 7.13. The highest BCUT2D eigenvalue weighted by Crippen LogP contribution is 2.28. The fourth-order valence-corrected chi connectivity index (χ4v) is 3.56. The lowest BCUT2D eigenvalue weighted by atomic mass is 10.1. The van der Waals surface area contributed by atoms with E-state index in [1.165, 1.54) is 16.7 Å². The predicted octanol–water partition coefficient (Wildman–Crippen LogP) is 5.41. The Hall–Kier alpha value is -1.26.